The summed E-state index contributed by atoms with van der Waals surface area (Å²) in [4.78, 5) is 32.6. The number of carbonyl (C=O) groups excluding carboxylic acids is 2. The van der Waals surface area contributed by atoms with Gasteiger partial charge in [0.25, 0.3) is 5.91 Å². The highest BCUT2D eigenvalue weighted by atomic mass is 16.2. The minimum atomic E-state index is -0.594. The molecule has 1 aliphatic rings. The standard InChI is InChI=1S/C26H24N4O2/c31-24(27-18-20-11-5-2-6-12-20)17-23-25(32)29(16-15-19-9-3-1-4-10-19)26-28-21-13-7-8-14-22(21)30(23)26/h1-14,23H,15-18H2,(H,27,31)/t23-/m1/s1. The lowest BCUT2D eigenvalue weighted by Gasteiger charge is -2.16. The van der Waals surface area contributed by atoms with Crippen LogP contribution in [0.1, 0.15) is 23.6 Å². The molecule has 0 saturated heterocycles. The van der Waals surface area contributed by atoms with Crippen molar-refractivity contribution in [1.82, 2.24) is 14.9 Å². The summed E-state index contributed by atoms with van der Waals surface area (Å²) in [7, 11) is 0. The highest BCUT2D eigenvalue weighted by molar-refractivity contribution is 6.03. The Morgan fingerprint density at radius 2 is 1.53 bits per heavy atom. The monoisotopic (exact) mass is 424 g/mol. The zero-order valence-electron chi connectivity index (χ0n) is 17.6. The van der Waals surface area contributed by atoms with Gasteiger partial charge in [0, 0.05) is 13.1 Å². The fourth-order valence-corrected chi connectivity index (χ4v) is 4.24. The Balaban J connectivity index is 1.38. The average Bonchev–Trinajstić information content (AvgIpc) is 3.32. The van der Waals surface area contributed by atoms with E-state index in [4.69, 9.17) is 4.98 Å². The van der Waals surface area contributed by atoms with E-state index in [9.17, 15) is 9.59 Å². The van der Waals surface area contributed by atoms with Gasteiger partial charge in [-0.25, -0.2) is 4.98 Å². The van der Waals surface area contributed by atoms with Gasteiger partial charge in [0.15, 0.2) is 0 Å². The van der Waals surface area contributed by atoms with E-state index in [1.165, 1.54) is 0 Å². The predicted octanol–water partition coefficient (Wildman–Crippen LogP) is 3.87. The first-order valence-electron chi connectivity index (χ1n) is 10.8. The van der Waals surface area contributed by atoms with E-state index >= 15 is 0 Å². The fourth-order valence-electron chi connectivity index (χ4n) is 4.24. The molecule has 3 aromatic carbocycles. The molecule has 1 N–H and O–H groups in total. The van der Waals surface area contributed by atoms with Gasteiger partial charge in [-0.3, -0.25) is 19.1 Å². The Bertz CT molecular complexity index is 1250. The molecule has 0 saturated carbocycles. The van der Waals surface area contributed by atoms with Gasteiger partial charge in [0.1, 0.15) is 6.04 Å². The molecule has 0 aliphatic carbocycles. The third-order valence-corrected chi connectivity index (χ3v) is 5.86. The maximum absolute atomic E-state index is 13.4. The van der Waals surface area contributed by atoms with Crippen molar-refractivity contribution < 1.29 is 9.59 Å². The van der Waals surface area contributed by atoms with E-state index in [1.54, 1.807) is 4.90 Å². The van der Waals surface area contributed by atoms with Gasteiger partial charge in [-0.1, -0.05) is 72.8 Å². The molecular formula is C26H24N4O2. The molecule has 160 valence electrons. The van der Waals surface area contributed by atoms with E-state index in [2.05, 4.69) is 17.4 Å². The van der Waals surface area contributed by atoms with Crippen LogP contribution in [-0.4, -0.2) is 27.9 Å². The van der Waals surface area contributed by atoms with Gasteiger partial charge in [0.2, 0.25) is 11.9 Å². The van der Waals surface area contributed by atoms with Gasteiger partial charge in [-0.2, -0.15) is 0 Å². The fraction of sp³-hybridized carbons (Fsp3) is 0.192. The number of benzene rings is 3. The van der Waals surface area contributed by atoms with Crippen molar-refractivity contribution in [1.29, 1.82) is 0 Å². The number of para-hydroxylation sites is 2. The van der Waals surface area contributed by atoms with Crippen LogP contribution in [0.4, 0.5) is 5.95 Å². The average molecular weight is 425 g/mol. The number of anilines is 1. The number of hydrogen-bond acceptors (Lipinski definition) is 3. The quantitative estimate of drug-likeness (QED) is 0.490. The van der Waals surface area contributed by atoms with Crippen LogP contribution in [0, 0.1) is 0 Å². The summed E-state index contributed by atoms with van der Waals surface area (Å²) in [6.07, 6.45) is 0.809. The molecule has 0 fully saturated rings. The second-order valence-corrected chi connectivity index (χ2v) is 7.98. The van der Waals surface area contributed by atoms with E-state index in [0.29, 0.717) is 19.0 Å². The maximum Gasteiger partial charge on any atom is 0.253 e. The van der Waals surface area contributed by atoms with Crippen molar-refractivity contribution >= 4 is 28.8 Å². The first-order valence-corrected chi connectivity index (χ1v) is 10.8. The third-order valence-electron chi connectivity index (χ3n) is 5.86. The normalized spacial score (nSPS) is 15.2. The van der Waals surface area contributed by atoms with Crippen LogP contribution in [0.2, 0.25) is 0 Å². The van der Waals surface area contributed by atoms with Crippen molar-refractivity contribution in [2.24, 2.45) is 0 Å². The van der Waals surface area contributed by atoms with Gasteiger partial charge >= 0.3 is 0 Å². The Morgan fingerprint density at radius 1 is 0.875 bits per heavy atom. The lowest BCUT2D eigenvalue weighted by Crippen LogP contribution is -2.34. The third kappa shape index (κ3) is 3.87. The largest absolute Gasteiger partial charge is 0.352 e. The lowest BCUT2D eigenvalue weighted by molar-refractivity contribution is -0.127. The summed E-state index contributed by atoms with van der Waals surface area (Å²) in [5, 5.41) is 2.95. The number of nitrogens with one attached hydrogen (secondary N) is 1. The molecule has 1 aliphatic heterocycles. The Hall–Kier alpha value is -3.93. The zero-order chi connectivity index (χ0) is 21.9. The lowest BCUT2D eigenvalue weighted by atomic mass is 10.1. The second kappa shape index (κ2) is 8.67. The number of hydrogen-bond donors (Lipinski definition) is 1. The van der Waals surface area contributed by atoms with Gasteiger partial charge in [-0.05, 0) is 29.7 Å². The van der Waals surface area contributed by atoms with Gasteiger partial charge in [-0.15, -0.1) is 0 Å². The topological polar surface area (TPSA) is 67.2 Å². The van der Waals surface area contributed by atoms with Gasteiger partial charge in [0.05, 0.1) is 17.5 Å². The molecular weight excluding hydrogens is 400 g/mol. The van der Waals surface area contributed by atoms with Crippen LogP contribution in [0.3, 0.4) is 0 Å². The highest BCUT2D eigenvalue weighted by Crippen LogP contribution is 2.36. The van der Waals surface area contributed by atoms with Crippen LogP contribution in [0.25, 0.3) is 11.0 Å². The molecule has 5 rings (SSSR count). The molecule has 6 nitrogen and oxygen atoms in total. The number of carbonyl (C=O) groups is 2. The molecule has 2 heterocycles. The summed E-state index contributed by atoms with van der Waals surface area (Å²) in [6, 6.07) is 27.0. The number of imidazole rings is 1. The van der Waals surface area contributed by atoms with E-state index in [1.807, 2.05) is 77.4 Å². The molecule has 4 aromatic rings. The predicted molar refractivity (Wildman–Crippen MR) is 124 cm³/mol. The summed E-state index contributed by atoms with van der Waals surface area (Å²) >= 11 is 0. The van der Waals surface area contributed by atoms with Crippen molar-refractivity contribution in [3.05, 3.63) is 96.1 Å². The molecule has 1 atom stereocenters. The molecule has 32 heavy (non-hydrogen) atoms. The summed E-state index contributed by atoms with van der Waals surface area (Å²) < 4.78 is 1.92. The van der Waals surface area contributed by atoms with E-state index < -0.39 is 6.04 Å². The zero-order valence-corrected chi connectivity index (χ0v) is 17.6. The molecule has 1 aromatic heterocycles. The number of nitrogens with zero attached hydrogens (tertiary/aromatic N) is 3. The molecule has 0 spiro atoms. The minimum absolute atomic E-state index is 0.0796. The van der Waals surface area contributed by atoms with Crippen molar-refractivity contribution in [2.45, 2.75) is 25.4 Å². The molecule has 6 heteroatoms. The first kappa shape index (κ1) is 20.0. The summed E-state index contributed by atoms with van der Waals surface area (Å²) in [6.45, 7) is 0.962. The van der Waals surface area contributed by atoms with Crippen molar-refractivity contribution in [2.75, 3.05) is 11.4 Å². The van der Waals surface area contributed by atoms with Crippen LogP contribution in [0.15, 0.2) is 84.9 Å². The second-order valence-electron chi connectivity index (χ2n) is 7.98. The maximum atomic E-state index is 13.4. The summed E-state index contributed by atoms with van der Waals surface area (Å²) in [5.41, 5.74) is 3.89. The van der Waals surface area contributed by atoms with Crippen LogP contribution in [-0.2, 0) is 22.6 Å². The Morgan fingerprint density at radius 3 is 2.28 bits per heavy atom. The SMILES string of the molecule is O=C(C[C@@H]1C(=O)N(CCc2ccccc2)c2nc3ccccc3n21)NCc1ccccc1. The van der Waals surface area contributed by atoms with Crippen molar-refractivity contribution in [3.63, 3.8) is 0 Å². The smallest absolute Gasteiger partial charge is 0.253 e. The Labute approximate surface area is 186 Å². The number of fused-ring (bicyclic) bond motifs is 3. The summed E-state index contributed by atoms with van der Waals surface area (Å²) in [5.74, 6) is 0.387. The minimum Gasteiger partial charge on any atom is -0.352 e. The van der Waals surface area contributed by atoms with Gasteiger partial charge < -0.3 is 5.32 Å². The molecule has 0 bridgehead atoms. The van der Waals surface area contributed by atoms with Crippen LogP contribution < -0.4 is 10.2 Å². The molecule has 0 unspecified atom stereocenters. The van der Waals surface area contributed by atoms with E-state index in [-0.39, 0.29) is 18.2 Å². The van der Waals surface area contributed by atoms with Crippen LogP contribution >= 0.6 is 0 Å². The number of aromatic nitrogens is 2. The van der Waals surface area contributed by atoms with E-state index in [0.717, 1.165) is 28.6 Å². The molecule has 0 radical (unpaired) electrons. The number of rotatable bonds is 7. The highest BCUT2D eigenvalue weighted by Gasteiger charge is 2.40. The van der Waals surface area contributed by atoms with Crippen molar-refractivity contribution in [3.8, 4) is 0 Å². The number of amides is 2. The Kier molecular flexibility index (Phi) is 5.42. The first-order chi connectivity index (χ1) is 15.7. The molecule has 2 amide bonds. The van der Waals surface area contributed by atoms with Crippen LogP contribution in [0.5, 0.6) is 0 Å².